The Labute approximate surface area is 138 Å². The van der Waals surface area contributed by atoms with Gasteiger partial charge in [0.25, 0.3) is 0 Å². The van der Waals surface area contributed by atoms with Crippen molar-refractivity contribution in [2.24, 2.45) is 0 Å². The third-order valence-electron chi connectivity index (χ3n) is 3.10. The molecule has 0 aliphatic carbocycles. The van der Waals surface area contributed by atoms with Crippen LogP contribution in [0, 0.1) is 0 Å². The first kappa shape index (κ1) is 20.6. The van der Waals surface area contributed by atoms with E-state index in [-0.39, 0.29) is 6.42 Å². The SMILES string of the molecule is CC(C=CC(=O)O)=CC=CC=C(C)CCC=C(C)CCC(=O)O. The van der Waals surface area contributed by atoms with E-state index in [4.69, 9.17) is 10.2 Å². The highest BCUT2D eigenvalue weighted by atomic mass is 16.4. The highest BCUT2D eigenvalue weighted by Gasteiger charge is 1.97. The molecule has 0 atom stereocenters. The first-order chi connectivity index (χ1) is 10.8. The van der Waals surface area contributed by atoms with Crippen LogP contribution in [-0.2, 0) is 9.59 Å². The summed E-state index contributed by atoms with van der Waals surface area (Å²) in [6.45, 7) is 5.84. The van der Waals surface area contributed by atoms with Crippen LogP contribution >= 0.6 is 0 Å². The van der Waals surface area contributed by atoms with Gasteiger partial charge in [-0.2, -0.15) is 0 Å². The van der Waals surface area contributed by atoms with Crippen LogP contribution in [0.5, 0.6) is 0 Å². The van der Waals surface area contributed by atoms with E-state index in [0.717, 1.165) is 30.1 Å². The van der Waals surface area contributed by atoms with E-state index in [0.29, 0.717) is 6.42 Å². The quantitative estimate of drug-likeness (QED) is 0.349. The van der Waals surface area contributed by atoms with Crippen LogP contribution in [0.25, 0.3) is 0 Å². The number of hydrogen-bond acceptors (Lipinski definition) is 2. The minimum absolute atomic E-state index is 0.182. The molecular formula is C19H26O4. The lowest BCUT2D eigenvalue weighted by Crippen LogP contribution is -1.94. The molecule has 0 aliphatic heterocycles. The van der Waals surface area contributed by atoms with Crippen LogP contribution in [0.4, 0.5) is 0 Å². The number of carboxylic acid groups (broad SMARTS) is 2. The summed E-state index contributed by atoms with van der Waals surface area (Å²) in [5, 5.41) is 17.1. The van der Waals surface area contributed by atoms with Crippen molar-refractivity contribution < 1.29 is 19.8 Å². The van der Waals surface area contributed by atoms with Crippen molar-refractivity contribution in [2.75, 3.05) is 0 Å². The summed E-state index contributed by atoms with van der Waals surface area (Å²) in [5.74, 6) is -1.72. The average molecular weight is 318 g/mol. The minimum Gasteiger partial charge on any atom is -0.481 e. The van der Waals surface area contributed by atoms with Gasteiger partial charge in [0.1, 0.15) is 0 Å². The molecule has 0 aliphatic rings. The van der Waals surface area contributed by atoms with Crippen LogP contribution in [0.15, 0.2) is 59.3 Å². The normalized spacial score (nSPS) is 14.0. The summed E-state index contributed by atoms with van der Waals surface area (Å²) in [4.78, 5) is 20.8. The number of aliphatic carboxylic acids is 2. The number of rotatable bonds is 10. The molecule has 0 bridgehead atoms. The second kappa shape index (κ2) is 12.2. The molecule has 0 spiro atoms. The van der Waals surface area contributed by atoms with Gasteiger partial charge in [-0.25, -0.2) is 4.79 Å². The fraction of sp³-hybridized carbons (Fsp3) is 0.368. The van der Waals surface area contributed by atoms with Crippen molar-refractivity contribution in [1.29, 1.82) is 0 Å². The van der Waals surface area contributed by atoms with E-state index < -0.39 is 11.9 Å². The molecule has 4 nitrogen and oxygen atoms in total. The molecule has 0 amide bonds. The second-order valence-corrected chi connectivity index (χ2v) is 5.46. The number of allylic oxidation sites excluding steroid dienone is 9. The molecule has 0 heterocycles. The maximum Gasteiger partial charge on any atom is 0.328 e. The average Bonchev–Trinajstić information content (AvgIpc) is 2.47. The fourth-order valence-electron chi connectivity index (χ4n) is 1.72. The molecule has 0 aromatic heterocycles. The lowest BCUT2D eigenvalue weighted by molar-refractivity contribution is -0.137. The first-order valence-corrected chi connectivity index (χ1v) is 7.60. The smallest absolute Gasteiger partial charge is 0.328 e. The largest absolute Gasteiger partial charge is 0.481 e. The summed E-state index contributed by atoms with van der Waals surface area (Å²) >= 11 is 0. The Balaban J connectivity index is 4.23. The van der Waals surface area contributed by atoms with Gasteiger partial charge in [-0.15, -0.1) is 0 Å². The van der Waals surface area contributed by atoms with Crippen LogP contribution in [-0.4, -0.2) is 22.2 Å². The van der Waals surface area contributed by atoms with Gasteiger partial charge in [-0.3, -0.25) is 4.79 Å². The first-order valence-electron chi connectivity index (χ1n) is 7.60. The van der Waals surface area contributed by atoms with Gasteiger partial charge < -0.3 is 10.2 Å². The minimum atomic E-state index is -0.954. The monoisotopic (exact) mass is 318 g/mol. The van der Waals surface area contributed by atoms with Crippen molar-refractivity contribution in [3.05, 3.63) is 59.3 Å². The lowest BCUT2D eigenvalue weighted by Gasteiger charge is -2.00. The van der Waals surface area contributed by atoms with Crippen molar-refractivity contribution in [3.8, 4) is 0 Å². The molecule has 126 valence electrons. The predicted molar refractivity (Wildman–Crippen MR) is 93.3 cm³/mol. The fourth-order valence-corrected chi connectivity index (χ4v) is 1.72. The van der Waals surface area contributed by atoms with Gasteiger partial charge in [0, 0.05) is 12.5 Å². The maximum absolute atomic E-state index is 10.5. The molecule has 0 aromatic carbocycles. The zero-order valence-electron chi connectivity index (χ0n) is 14.1. The van der Waals surface area contributed by atoms with E-state index in [2.05, 4.69) is 6.08 Å². The molecule has 0 rings (SSSR count). The Morgan fingerprint density at radius 2 is 1.48 bits per heavy atom. The third kappa shape index (κ3) is 14.3. The van der Waals surface area contributed by atoms with Crippen molar-refractivity contribution in [1.82, 2.24) is 0 Å². The topological polar surface area (TPSA) is 74.6 Å². The van der Waals surface area contributed by atoms with E-state index in [1.165, 1.54) is 5.57 Å². The Bertz CT molecular complexity index is 546. The van der Waals surface area contributed by atoms with Crippen LogP contribution in [0.3, 0.4) is 0 Å². The molecule has 0 saturated heterocycles. The van der Waals surface area contributed by atoms with E-state index in [1.807, 2.05) is 45.1 Å². The van der Waals surface area contributed by atoms with Gasteiger partial charge >= 0.3 is 11.9 Å². The summed E-state index contributed by atoms with van der Waals surface area (Å²) < 4.78 is 0. The predicted octanol–water partition coefficient (Wildman–Crippen LogP) is 4.67. The zero-order chi connectivity index (χ0) is 17.7. The Morgan fingerprint density at radius 3 is 2.09 bits per heavy atom. The molecule has 23 heavy (non-hydrogen) atoms. The molecular weight excluding hydrogens is 292 g/mol. The van der Waals surface area contributed by atoms with Crippen LogP contribution in [0.1, 0.15) is 46.5 Å². The number of hydrogen-bond donors (Lipinski definition) is 2. The number of carbonyl (C=O) groups is 2. The van der Waals surface area contributed by atoms with E-state index >= 15 is 0 Å². The Hall–Kier alpha value is -2.36. The maximum atomic E-state index is 10.5. The molecule has 0 radical (unpaired) electrons. The highest BCUT2D eigenvalue weighted by Crippen LogP contribution is 2.10. The summed E-state index contributed by atoms with van der Waals surface area (Å²) in [5.41, 5.74) is 3.21. The second-order valence-electron chi connectivity index (χ2n) is 5.46. The Morgan fingerprint density at radius 1 is 0.826 bits per heavy atom. The summed E-state index contributed by atoms with van der Waals surface area (Å²) in [6, 6.07) is 0. The molecule has 0 saturated carbocycles. The third-order valence-corrected chi connectivity index (χ3v) is 3.10. The van der Waals surface area contributed by atoms with Crippen molar-refractivity contribution in [3.63, 3.8) is 0 Å². The van der Waals surface area contributed by atoms with Crippen LogP contribution < -0.4 is 0 Å². The van der Waals surface area contributed by atoms with Crippen molar-refractivity contribution in [2.45, 2.75) is 46.5 Å². The van der Waals surface area contributed by atoms with Gasteiger partial charge in [0.15, 0.2) is 0 Å². The highest BCUT2D eigenvalue weighted by molar-refractivity contribution is 5.80. The molecule has 0 unspecified atom stereocenters. The zero-order valence-corrected chi connectivity index (χ0v) is 14.1. The molecule has 4 heteroatoms. The van der Waals surface area contributed by atoms with Gasteiger partial charge in [-0.05, 0) is 40.0 Å². The summed E-state index contributed by atoms with van der Waals surface area (Å²) in [7, 11) is 0. The number of carboxylic acids is 2. The van der Waals surface area contributed by atoms with Crippen molar-refractivity contribution >= 4 is 11.9 Å². The van der Waals surface area contributed by atoms with Gasteiger partial charge in [0.2, 0.25) is 0 Å². The van der Waals surface area contributed by atoms with E-state index in [9.17, 15) is 9.59 Å². The van der Waals surface area contributed by atoms with Gasteiger partial charge in [0.05, 0.1) is 0 Å². The summed E-state index contributed by atoms with van der Waals surface area (Å²) in [6.07, 6.45) is 15.0. The standard InChI is InChI=1S/C19H26O4/c1-15(9-6-10-17(3)12-14-19(22)23)7-4-5-8-16(2)11-13-18(20)21/h4-5,7-8,10-11,13H,6,9,12,14H2,1-3H3,(H,20,21)(H,22,23). The van der Waals surface area contributed by atoms with Gasteiger partial charge in [-0.1, -0.05) is 53.2 Å². The molecule has 0 fully saturated rings. The Kier molecular flexibility index (Phi) is 11.0. The molecule has 2 N–H and O–H groups in total. The van der Waals surface area contributed by atoms with E-state index in [1.54, 1.807) is 6.08 Å². The molecule has 0 aromatic rings. The van der Waals surface area contributed by atoms with Crippen LogP contribution in [0.2, 0.25) is 0 Å². The lowest BCUT2D eigenvalue weighted by atomic mass is 10.1.